The van der Waals surface area contributed by atoms with Crippen molar-refractivity contribution in [3.05, 3.63) is 64.7 Å². The maximum absolute atomic E-state index is 12.3. The Bertz CT molecular complexity index is 884. The van der Waals surface area contributed by atoms with Crippen molar-refractivity contribution >= 4 is 11.9 Å². The quantitative estimate of drug-likeness (QED) is 0.690. The normalized spacial score (nSPS) is 11.2. The van der Waals surface area contributed by atoms with Crippen molar-refractivity contribution in [2.45, 2.75) is 33.4 Å². The van der Waals surface area contributed by atoms with Crippen molar-refractivity contribution in [1.29, 1.82) is 5.26 Å². The van der Waals surface area contributed by atoms with Crippen LogP contribution in [0.4, 0.5) is 0 Å². The highest BCUT2D eigenvalue weighted by molar-refractivity contribution is 5.82. The van der Waals surface area contributed by atoms with Crippen LogP contribution in [0.2, 0.25) is 0 Å². The van der Waals surface area contributed by atoms with Gasteiger partial charge < -0.3 is 14.4 Å². The van der Waals surface area contributed by atoms with Crippen molar-refractivity contribution in [3.8, 4) is 11.8 Å². The molecule has 0 aromatic heterocycles. The molecule has 2 aromatic carbocycles. The van der Waals surface area contributed by atoms with Gasteiger partial charge in [-0.25, -0.2) is 4.79 Å². The summed E-state index contributed by atoms with van der Waals surface area (Å²) in [5, 5.41) is 8.78. The summed E-state index contributed by atoms with van der Waals surface area (Å²) in [7, 11) is 1.67. The average Bonchev–Trinajstić information content (AvgIpc) is 2.68. The lowest BCUT2D eigenvalue weighted by Gasteiger charge is -2.19. The molecule has 0 aliphatic rings. The van der Waals surface area contributed by atoms with Gasteiger partial charge in [-0.2, -0.15) is 5.26 Å². The number of hydrogen-bond acceptors (Lipinski definition) is 5. The van der Waals surface area contributed by atoms with Gasteiger partial charge in [0, 0.05) is 13.6 Å². The molecular weight excluding hydrogens is 356 g/mol. The summed E-state index contributed by atoms with van der Waals surface area (Å²) in [5.41, 5.74) is 3.83. The van der Waals surface area contributed by atoms with Gasteiger partial charge in [0.15, 0.2) is 12.7 Å². The number of rotatable bonds is 7. The van der Waals surface area contributed by atoms with Crippen LogP contribution in [-0.4, -0.2) is 36.5 Å². The number of aryl methyl sites for hydroxylation is 2. The molecule has 6 nitrogen and oxygen atoms in total. The fourth-order valence-corrected chi connectivity index (χ4v) is 2.59. The van der Waals surface area contributed by atoms with Crippen molar-refractivity contribution in [2.75, 3.05) is 13.7 Å². The maximum Gasteiger partial charge on any atom is 0.347 e. The van der Waals surface area contributed by atoms with Gasteiger partial charge in [-0.1, -0.05) is 23.8 Å². The number of benzene rings is 2. The van der Waals surface area contributed by atoms with E-state index < -0.39 is 12.1 Å². The lowest BCUT2D eigenvalue weighted by molar-refractivity contribution is -0.157. The van der Waals surface area contributed by atoms with E-state index in [0.29, 0.717) is 17.9 Å². The summed E-state index contributed by atoms with van der Waals surface area (Å²) >= 11 is 0. The smallest absolute Gasteiger partial charge is 0.347 e. The summed E-state index contributed by atoms with van der Waals surface area (Å²) in [6.45, 7) is 5.67. The summed E-state index contributed by atoms with van der Waals surface area (Å²) in [6, 6.07) is 14.5. The molecule has 1 atom stereocenters. The van der Waals surface area contributed by atoms with Gasteiger partial charge in [-0.05, 0) is 56.2 Å². The molecule has 2 aromatic rings. The van der Waals surface area contributed by atoms with E-state index in [9.17, 15) is 9.59 Å². The zero-order valence-corrected chi connectivity index (χ0v) is 16.6. The molecule has 0 aliphatic carbocycles. The van der Waals surface area contributed by atoms with Gasteiger partial charge in [-0.15, -0.1) is 0 Å². The Morgan fingerprint density at radius 3 is 2.43 bits per heavy atom. The van der Waals surface area contributed by atoms with E-state index >= 15 is 0 Å². The fraction of sp³-hybridized carbons (Fsp3) is 0.318. The second kappa shape index (κ2) is 9.56. The number of amides is 1. The molecule has 0 unspecified atom stereocenters. The van der Waals surface area contributed by atoms with Crippen LogP contribution in [-0.2, 0) is 20.9 Å². The topological polar surface area (TPSA) is 79.6 Å². The Balaban J connectivity index is 1.83. The second-order valence-electron chi connectivity index (χ2n) is 6.68. The van der Waals surface area contributed by atoms with Gasteiger partial charge in [0.25, 0.3) is 5.91 Å². The molecule has 0 N–H and O–H groups in total. The number of carbonyl (C=O) groups excluding carboxylic acids is 2. The minimum absolute atomic E-state index is 0.293. The van der Waals surface area contributed by atoms with Crippen LogP contribution in [0.25, 0.3) is 0 Å². The molecule has 0 bridgehead atoms. The molecular formula is C22H24N2O4. The van der Waals surface area contributed by atoms with E-state index in [1.807, 2.05) is 32.0 Å². The molecule has 0 radical (unpaired) electrons. The first-order valence-electron chi connectivity index (χ1n) is 8.93. The Kier molecular flexibility index (Phi) is 7.16. The largest absolute Gasteiger partial charge is 0.479 e. The number of ether oxygens (including phenoxy) is 2. The highest BCUT2D eigenvalue weighted by Crippen LogP contribution is 2.15. The SMILES string of the molecule is Cc1ccc(CN(C)C(=O)COC(=O)[C@H](C)Oc2ccc(C#N)cc2)c(C)c1. The first-order chi connectivity index (χ1) is 13.3. The van der Waals surface area contributed by atoms with Crippen LogP contribution < -0.4 is 4.74 Å². The zero-order valence-electron chi connectivity index (χ0n) is 16.6. The van der Waals surface area contributed by atoms with E-state index in [2.05, 4.69) is 6.07 Å². The molecule has 146 valence electrons. The van der Waals surface area contributed by atoms with Gasteiger partial charge in [0.1, 0.15) is 5.75 Å². The second-order valence-corrected chi connectivity index (χ2v) is 6.68. The lowest BCUT2D eigenvalue weighted by atomic mass is 10.1. The van der Waals surface area contributed by atoms with Crippen molar-refractivity contribution < 1.29 is 19.1 Å². The van der Waals surface area contributed by atoms with Gasteiger partial charge in [0.2, 0.25) is 0 Å². The minimum atomic E-state index is -0.870. The molecule has 0 saturated carbocycles. The third-order valence-electron chi connectivity index (χ3n) is 4.30. The minimum Gasteiger partial charge on any atom is -0.479 e. The van der Waals surface area contributed by atoms with E-state index in [1.54, 1.807) is 38.2 Å². The van der Waals surface area contributed by atoms with Crippen LogP contribution in [0.5, 0.6) is 5.75 Å². The number of hydrogen-bond donors (Lipinski definition) is 0. The number of carbonyl (C=O) groups is 2. The molecule has 2 rings (SSSR count). The van der Waals surface area contributed by atoms with E-state index in [0.717, 1.165) is 11.1 Å². The fourth-order valence-electron chi connectivity index (χ4n) is 2.59. The summed E-state index contributed by atoms with van der Waals surface area (Å²) in [4.78, 5) is 25.9. The molecule has 0 spiro atoms. The monoisotopic (exact) mass is 380 g/mol. The van der Waals surface area contributed by atoms with Gasteiger partial charge in [-0.3, -0.25) is 4.79 Å². The van der Waals surface area contributed by atoms with Gasteiger partial charge in [0.05, 0.1) is 11.6 Å². The predicted octanol–water partition coefficient (Wildman–Crippen LogP) is 3.14. The number of esters is 1. The third-order valence-corrected chi connectivity index (χ3v) is 4.30. The zero-order chi connectivity index (χ0) is 20.7. The maximum atomic E-state index is 12.3. The van der Waals surface area contributed by atoms with E-state index in [4.69, 9.17) is 14.7 Å². The van der Waals surface area contributed by atoms with E-state index in [-0.39, 0.29) is 12.5 Å². The molecule has 6 heteroatoms. The average molecular weight is 380 g/mol. The number of likely N-dealkylation sites (N-methyl/N-ethyl adjacent to an activating group) is 1. The van der Waals surface area contributed by atoms with Crippen molar-refractivity contribution in [1.82, 2.24) is 4.90 Å². The predicted molar refractivity (Wildman–Crippen MR) is 105 cm³/mol. The van der Waals surface area contributed by atoms with Crippen LogP contribution in [0, 0.1) is 25.2 Å². The number of nitrogens with zero attached hydrogens (tertiary/aromatic N) is 2. The summed E-state index contributed by atoms with van der Waals surface area (Å²) in [5.74, 6) is -0.474. The molecule has 0 fully saturated rings. The van der Waals surface area contributed by atoms with Crippen LogP contribution in [0.1, 0.15) is 29.2 Å². The molecule has 0 saturated heterocycles. The molecule has 28 heavy (non-hydrogen) atoms. The Morgan fingerprint density at radius 1 is 1.14 bits per heavy atom. The standard InChI is InChI=1S/C22H24N2O4/c1-15-5-8-19(16(2)11-15)13-24(4)21(25)14-27-22(26)17(3)28-20-9-6-18(12-23)7-10-20/h5-11,17H,13-14H2,1-4H3/t17-/m0/s1. The Morgan fingerprint density at radius 2 is 1.82 bits per heavy atom. The van der Waals surface area contributed by atoms with Crippen LogP contribution in [0.15, 0.2) is 42.5 Å². The Hall–Kier alpha value is -3.33. The van der Waals surface area contributed by atoms with Crippen LogP contribution in [0.3, 0.4) is 0 Å². The van der Waals surface area contributed by atoms with Crippen molar-refractivity contribution in [3.63, 3.8) is 0 Å². The highest BCUT2D eigenvalue weighted by atomic mass is 16.6. The summed E-state index contributed by atoms with van der Waals surface area (Å²) in [6.07, 6.45) is -0.870. The molecule has 1 amide bonds. The Labute approximate surface area is 165 Å². The first kappa shape index (κ1) is 21.0. The summed E-state index contributed by atoms with van der Waals surface area (Å²) < 4.78 is 10.6. The van der Waals surface area contributed by atoms with Crippen molar-refractivity contribution in [2.24, 2.45) is 0 Å². The first-order valence-corrected chi connectivity index (χ1v) is 8.93. The number of nitriles is 1. The molecule has 0 aliphatic heterocycles. The van der Waals surface area contributed by atoms with E-state index in [1.165, 1.54) is 10.5 Å². The lowest BCUT2D eigenvalue weighted by Crippen LogP contribution is -2.34. The van der Waals surface area contributed by atoms with Crippen LogP contribution >= 0.6 is 0 Å². The third kappa shape index (κ3) is 5.85. The molecule has 0 heterocycles. The van der Waals surface area contributed by atoms with Gasteiger partial charge >= 0.3 is 5.97 Å². The highest BCUT2D eigenvalue weighted by Gasteiger charge is 2.19.